The number of nitrogens with zero attached hydrogens (tertiary/aromatic N) is 1. The Hall–Kier alpha value is -3.35. The molecule has 0 radical (unpaired) electrons. The van der Waals surface area contributed by atoms with Crippen LogP contribution in [0, 0.1) is 0 Å². The third-order valence-corrected chi connectivity index (χ3v) is 4.88. The summed E-state index contributed by atoms with van der Waals surface area (Å²) in [6.45, 7) is 1.02. The van der Waals surface area contributed by atoms with E-state index < -0.39 is 0 Å². The summed E-state index contributed by atoms with van der Waals surface area (Å²) < 4.78 is 10.7. The van der Waals surface area contributed by atoms with Gasteiger partial charge in [-0.15, -0.1) is 0 Å². The van der Waals surface area contributed by atoms with Crippen molar-refractivity contribution in [2.45, 2.75) is 0 Å². The van der Waals surface area contributed by atoms with Crippen molar-refractivity contribution in [1.82, 2.24) is 9.97 Å². The van der Waals surface area contributed by atoms with Crippen LogP contribution in [0.4, 0.5) is 5.69 Å². The predicted octanol–water partition coefficient (Wildman–Crippen LogP) is 5.16. The van der Waals surface area contributed by atoms with Crippen molar-refractivity contribution in [3.8, 4) is 17.0 Å². The number of amides is 1. The first-order valence-electron chi connectivity index (χ1n) is 9.41. The van der Waals surface area contributed by atoms with Gasteiger partial charge < -0.3 is 19.8 Å². The van der Waals surface area contributed by atoms with Gasteiger partial charge in [-0.05, 0) is 36.4 Å². The van der Waals surface area contributed by atoms with Crippen LogP contribution in [0.1, 0.15) is 10.4 Å². The SMILES string of the molecule is COCCOc1cccc(-c2cc3cc(NC(=O)c4ccccc4Cl)cnc3[nH]2)c1. The van der Waals surface area contributed by atoms with Crippen molar-refractivity contribution >= 4 is 34.2 Å². The summed E-state index contributed by atoms with van der Waals surface area (Å²) >= 11 is 6.11. The molecule has 152 valence electrons. The number of rotatable bonds is 7. The molecule has 7 heteroatoms. The molecule has 0 aliphatic heterocycles. The van der Waals surface area contributed by atoms with Crippen molar-refractivity contribution < 1.29 is 14.3 Å². The molecular weight excluding hydrogens is 402 g/mol. The summed E-state index contributed by atoms with van der Waals surface area (Å²) in [5.74, 6) is 0.488. The van der Waals surface area contributed by atoms with Gasteiger partial charge in [-0.1, -0.05) is 35.9 Å². The molecule has 0 fully saturated rings. The Bertz CT molecular complexity index is 1190. The van der Waals surface area contributed by atoms with Crippen molar-refractivity contribution in [3.05, 3.63) is 77.4 Å². The Kier molecular flexibility index (Phi) is 5.97. The minimum atomic E-state index is -0.279. The van der Waals surface area contributed by atoms with E-state index in [0.29, 0.717) is 29.5 Å². The van der Waals surface area contributed by atoms with E-state index in [4.69, 9.17) is 21.1 Å². The third-order valence-electron chi connectivity index (χ3n) is 4.55. The van der Waals surface area contributed by atoms with E-state index in [2.05, 4.69) is 15.3 Å². The van der Waals surface area contributed by atoms with Crippen LogP contribution in [0.25, 0.3) is 22.3 Å². The Morgan fingerprint density at radius 3 is 2.80 bits per heavy atom. The lowest BCUT2D eigenvalue weighted by molar-refractivity contribution is 0.102. The van der Waals surface area contributed by atoms with E-state index in [1.54, 1.807) is 37.6 Å². The normalized spacial score (nSPS) is 10.9. The number of carbonyl (C=O) groups excluding carboxylic acids is 1. The van der Waals surface area contributed by atoms with Gasteiger partial charge in [0.05, 0.1) is 29.1 Å². The van der Waals surface area contributed by atoms with Gasteiger partial charge in [0.15, 0.2) is 0 Å². The first-order chi connectivity index (χ1) is 14.6. The number of carbonyl (C=O) groups is 1. The van der Waals surface area contributed by atoms with E-state index in [0.717, 1.165) is 28.0 Å². The number of hydrogen-bond donors (Lipinski definition) is 2. The molecule has 1 amide bonds. The molecular formula is C23H20ClN3O3. The molecule has 2 aromatic carbocycles. The van der Waals surface area contributed by atoms with Crippen LogP contribution < -0.4 is 10.1 Å². The Morgan fingerprint density at radius 1 is 1.10 bits per heavy atom. The number of pyridine rings is 1. The first-order valence-corrected chi connectivity index (χ1v) is 9.78. The van der Waals surface area contributed by atoms with Gasteiger partial charge in [0, 0.05) is 23.8 Å². The van der Waals surface area contributed by atoms with Crippen molar-refractivity contribution in [3.63, 3.8) is 0 Å². The standard InChI is InChI=1S/C23H20ClN3O3/c1-29-9-10-30-18-6-4-5-15(12-18)21-13-16-11-17(14-25-22(16)27-21)26-23(28)19-7-2-3-8-20(19)24/h2-8,11-14H,9-10H2,1H3,(H,25,27)(H,26,28). The van der Waals surface area contributed by atoms with Gasteiger partial charge in [-0.3, -0.25) is 4.79 Å². The third kappa shape index (κ3) is 4.45. The van der Waals surface area contributed by atoms with Gasteiger partial charge in [-0.2, -0.15) is 0 Å². The maximum atomic E-state index is 12.5. The quantitative estimate of drug-likeness (QED) is 0.404. The molecule has 2 N–H and O–H groups in total. The van der Waals surface area contributed by atoms with E-state index in [-0.39, 0.29) is 5.91 Å². The largest absolute Gasteiger partial charge is 0.491 e. The van der Waals surface area contributed by atoms with E-state index >= 15 is 0 Å². The fourth-order valence-corrected chi connectivity index (χ4v) is 3.30. The molecule has 2 aromatic heterocycles. The number of anilines is 1. The number of ether oxygens (including phenoxy) is 2. The molecule has 0 aliphatic carbocycles. The van der Waals surface area contributed by atoms with Crippen LogP contribution in [-0.4, -0.2) is 36.2 Å². The number of halogens is 1. The highest BCUT2D eigenvalue weighted by atomic mass is 35.5. The minimum Gasteiger partial charge on any atom is -0.491 e. The second kappa shape index (κ2) is 8.98. The van der Waals surface area contributed by atoms with Gasteiger partial charge in [0.1, 0.15) is 18.0 Å². The molecule has 30 heavy (non-hydrogen) atoms. The minimum absolute atomic E-state index is 0.279. The Balaban J connectivity index is 1.55. The second-order valence-electron chi connectivity index (χ2n) is 6.65. The second-order valence-corrected chi connectivity index (χ2v) is 7.06. The topological polar surface area (TPSA) is 76.2 Å². The average molecular weight is 422 g/mol. The summed E-state index contributed by atoms with van der Waals surface area (Å²) in [6, 6.07) is 18.6. The van der Waals surface area contributed by atoms with E-state index in [9.17, 15) is 4.79 Å². The molecule has 0 unspecified atom stereocenters. The Morgan fingerprint density at radius 2 is 1.97 bits per heavy atom. The van der Waals surface area contributed by atoms with Gasteiger partial charge in [0.2, 0.25) is 0 Å². The average Bonchev–Trinajstić information content (AvgIpc) is 3.18. The molecule has 4 rings (SSSR count). The molecule has 0 aliphatic rings. The van der Waals surface area contributed by atoms with Crippen LogP contribution in [0.3, 0.4) is 0 Å². The molecule has 0 bridgehead atoms. The fourth-order valence-electron chi connectivity index (χ4n) is 3.08. The molecule has 0 atom stereocenters. The molecule has 6 nitrogen and oxygen atoms in total. The summed E-state index contributed by atoms with van der Waals surface area (Å²) in [6.07, 6.45) is 1.61. The number of methoxy groups -OCH3 is 1. The van der Waals surface area contributed by atoms with Crippen molar-refractivity contribution in [2.75, 3.05) is 25.6 Å². The Labute approximate surface area is 178 Å². The summed E-state index contributed by atoms with van der Waals surface area (Å²) in [4.78, 5) is 20.2. The molecule has 2 heterocycles. The zero-order valence-electron chi connectivity index (χ0n) is 16.3. The number of aromatic nitrogens is 2. The number of aromatic amines is 1. The lowest BCUT2D eigenvalue weighted by Crippen LogP contribution is -2.12. The fraction of sp³-hybridized carbons (Fsp3) is 0.130. The van der Waals surface area contributed by atoms with Gasteiger partial charge in [0.25, 0.3) is 5.91 Å². The summed E-state index contributed by atoms with van der Waals surface area (Å²) in [5.41, 5.74) is 3.62. The van der Waals surface area contributed by atoms with Crippen molar-refractivity contribution in [1.29, 1.82) is 0 Å². The first kappa shape index (κ1) is 19.9. The number of benzene rings is 2. The summed E-state index contributed by atoms with van der Waals surface area (Å²) in [7, 11) is 1.64. The smallest absolute Gasteiger partial charge is 0.257 e. The van der Waals surface area contributed by atoms with Gasteiger partial charge in [-0.25, -0.2) is 4.98 Å². The van der Waals surface area contributed by atoms with Crippen molar-refractivity contribution in [2.24, 2.45) is 0 Å². The maximum absolute atomic E-state index is 12.5. The zero-order valence-corrected chi connectivity index (χ0v) is 17.1. The van der Waals surface area contributed by atoms with Crippen LogP contribution in [0.15, 0.2) is 66.9 Å². The lowest BCUT2D eigenvalue weighted by Gasteiger charge is -2.06. The van der Waals surface area contributed by atoms with Crippen LogP contribution in [0.2, 0.25) is 5.02 Å². The monoisotopic (exact) mass is 421 g/mol. The maximum Gasteiger partial charge on any atom is 0.257 e. The molecule has 0 spiro atoms. The van der Waals surface area contributed by atoms with Crippen LogP contribution in [0.5, 0.6) is 5.75 Å². The zero-order chi connectivity index (χ0) is 20.9. The number of nitrogens with one attached hydrogen (secondary N) is 2. The molecule has 0 saturated heterocycles. The van der Waals surface area contributed by atoms with Crippen LogP contribution >= 0.6 is 11.6 Å². The molecule has 4 aromatic rings. The summed E-state index contributed by atoms with van der Waals surface area (Å²) in [5, 5.41) is 4.13. The number of fused-ring (bicyclic) bond motifs is 1. The van der Waals surface area contributed by atoms with E-state index in [1.165, 1.54) is 0 Å². The lowest BCUT2D eigenvalue weighted by atomic mass is 10.1. The molecule has 0 saturated carbocycles. The highest BCUT2D eigenvalue weighted by Crippen LogP contribution is 2.27. The van der Waals surface area contributed by atoms with E-state index in [1.807, 2.05) is 36.4 Å². The number of hydrogen-bond acceptors (Lipinski definition) is 4. The highest BCUT2D eigenvalue weighted by molar-refractivity contribution is 6.34. The number of H-pyrrole nitrogens is 1. The van der Waals surface area contributed by atoms with Crippen LogP contribution in [-0.2, 0) is 4.74 Å². The van der Waals surface area contributed by atoms with Gasteiger partial charge >= 0.3 is 0 Å². The predicted molar refractivity (Wildman–Crippen MR) is 118 cm³/mol. The highest BCUT2D eigenvalue weighted by Gasteiger charge is 2.11.